The molecule has 0 aliphatic carbocycles. The van der Waals surface area contributed by atoms with E-state index in [0.29, 0.717) is 11.8 Å². The number of carbonyl (C=O) groups excluding carboxylic acids is 1. The highest BCUT2D eigenvalue weighted by Gasteiger charge is 2.19. The average molecular weight is 445 g/mol. The molecule has 1 aromatic heterocycles. The summed E-state index contributed by atoms with van der Waals surface area (Å²) in [6.07, 6.45) is 17.7. The Hall–Kier alpha value is -0.410. The monoisotopic (exact) mass is 443 g/mol. The second kappa shape index (κ2) is 15.6. The molecule has 0 radical (unpaired) electrons. The van der Waals surface area contributed by atoms with Gasteiger partial charge in [-0.2, -0.15) is 0 Å². The Morgan fingerprint density at radius 2 is 1.73 bits per heavy atom. The van der Waals surface area contributed by atoms with E-state index in [2.05, 4.69) is 27.8 Å². The predicted octanol–water partition coefficient (Wildman–Crippen LogP) is 7.44. The molecule has 2 unspecified atom stereocenters. The lowest BCUT2D eigenvalue weighted by Gasteiger charge is -2.14. The largest absolute Gasteiger partial charge is 0.299 e. The van der Waals surface area contributed by atoms with Crippen molar-refractivity contribution in [1.82, 2.24) is 4.98 Å². The van der Waals surface area contributed by atoms with Crippen LogP contribution in [0.1, 0.15) is 95.5 Å². The maximum absolute atomic E-state index is 12.5. The number of unbranched alkanes of at least 4 members (excludes halogenated alkanes) is 7. The molecule has 0 amide bonds. The highest BCUT2D eigenvalue weighted by atomic mass is 79.9. The maximum atomic E-state index is 12.5. The Balaban J connectivity index is 2.09. The number of ketones is 1. The van der Waals surface area contributed by atoms with Crippen molar-refractivity contribution in [3.63, 3.8) is 0 Å². The fourth-order valence-corrected chi connectivity index (χ4v) is 4.30. The van der Waals surface area contributed by atoms with E-state index in [0.717, 1.165) is 24.8 Å². The molecule has 0 aliphatic rings. The van der Waals surface area contributed by atoms with Crippen molar-refractivity contribution < 1.29 is 4.79 Å². The number of hydrogen-bond acceptors (Lipinski definition) is 2. The zero-order valence-corrected chi connectivity index (χ0v) is 18.6. The van der Waals surface area contributed by atoms with Gasteiger partial charge in [-0.3, -0.25) is 9.78 Å². The zero-order chi connectivity index (χ0) is 19.0. The number of nitrogens with zero attached hydrogens (tertiary/aromatic N) is 1. The summed E-state index contributed by atoms with van der Waals surface area (Å²) in [6, 6.07) is 3.86. The topological polar surface area (TPSA) is 30.0 Å². The van der Waals surface area contributed by atoms with Crippen molar-refractivity contribution in [3.8, 4) is 0 Å². The fourth-order valence-electron chi connectivity index (χ4n) is 3.26. The third-order valence-electron chi connectivity index (χ3n) is 4.94. The van der Waals surface area contributed by atoms with Gasteiger partial charge < -0.3 is 0 Å². The van der Waals surface area contributed by atoms with E-state index in [4.69, 9.17) is 11.6 Å². The van der Waals surface area contributed by atoms with Crippen molar-refractivity contribution in [2.75, 3.05) is 5.33 Å². The fraction of sp³-hybridized carbons (Fsp3) is 0.727. The van der Waals surface area contributed by atoms with Crippen LogP contribution in [-0.4, -0.2) is 21.5 Å². The van der Waals surface area contributed by atoms with Crippen molar-refractivity contribution >= 4 is 33.3 Å². The Morgan fingerprint density at radius 1 is 1.08 bits per heavy atom. The lowest BCUT2D eigenvalue weighted by molar-refractivity contribution is -0.120. The van der Waals surface area contributed by atoms with Crippen LogP contribution in [0.2, 0.25) is 0 Å². The molecule has 1 aromatic rings. The van der Waals surface area contributed by atoms with Gasteiger partial charge in [-0.05, 0) is 30.9 Å². The van der Waals surface area contributed by atoms with E-state index in [1.807, 2.05) is 12.1 Å². The normalized spacial score (nSPS) is 13.5. The Kier molecular flexibility index (Phi) is 14.2. The highest BCUT2D eigenvalue weighted by molar-refractivity contribution is 9.09. The molecular weight excluding hydrogens is 410 g/mol. The summed E-state index contributed by atoms with van der Waals surface area (Å²) >= 11 is 9.91. The maximum Gasteiger partial charge on any atom is 0.141 e. The van der Waals surface area contributed by atoms with E-state index in [1.54, 1.807) is 12.4 Å². The van der Waals surface area contributed by atoms with Crippen molar-refractivity contribution in [3.05, 3.63) is 30.1 Å². The minimum absolute atomic E-state index is 0.0924. The van der Waals surface area contributed by atoms with Gasteiger partial charge in [0.25, 0.3) is 0 Å². The second-order valence-electron chi connectivity index (χ2n) is 7.21. The summed E-state index contributed by atoms with van der Waals surface area (Å²) in [5.74, 6) is 0.191. The van der Waals surface area contributed by atoms with Gasteiger partial charge in [-0.1, -0.05) is 80.3 Å². The molecule has 0 bridgehead atoms. The highest BCUT2D eigenvalue weighted by Crippen LogP contribution is 2.23. The third kappa shape index (κ3) is 10.7. The van der Waals surface area contributed by atoms with Crippen LogP contribution in [0, 0.1) is 0 Å². The minimum Gasteiger partial charge on any atom is -0.299 e. The molecule has 0 aliphatic heterocycles. The van der Waals surface area contributed by atoms with E-state index in [1.165, 1.54) is 51.4 Å². The molecule has 0 N–H and O–H groups in total. The van der Waals surface area contributed by atoms with Crippen molar-refractivity contribution in [1.29, 1.82) is 0 Å². The van der Waals surface area contributed by atoms with Crippen LogP contribution in [0.25, 0.3) is 0 Å². The van der Waals surface area contributed by atoms with Crippen LogP contribution in [0.4, 0.5) is 0 Å². The molecule has 1 heterocycles. The number of hydrogen-bond donors (Lipinski definition) is 0. The summed E-state index contributed by atoms with van der Waals surface area (Å²) in [4.78, 5) is 16.6. The number of rotatable bonds is 16. The van der Waals surface area contributed by atoms with Crippen LogP contribution in [0.15, 0.2) is 24.5 Å². The first kappa shape index (κ1) is 23.6. The van der Waals surface area contributed by atoms with Gasteiger partial charge in [0.1, 0.15) is 5.78 Å². The van der Waals surface area contributed by atoms with Gasteiger partial charge >= 0.3 is 0 Å². The van der Waals surface area contributed by atoms with Gasteiger partial charge in [-0.15, -0.1) is 11.6 Å². The van der Waals surface area contributed by atoms with Crippen LogP contribution in [0.3, 0.4) is 0 Å². The molecule has 2 nitrogen and oxygen atoms in total. The first-order valence-electron chi connectivity index (χ1n) is 10.3. The number of halogens is 2. The van der Waals surface area contributed by atoms with Crippen LogP contribution >= 0.6 is 27.5 Å². The Labute approximate surface area is 173 Å². The average Bonchev–Trinajstić information content (AvgIpc) is 2.65. The standard InChI is InChI=1S/C22H35BrClNO/c1-2-3-4-5-6-7-8-9-13-20(24)14-10-15-22(26)21(17-23)19-12-11-16-25-18-19/h11-12,16,18,20-21H,2-10,13-15,17H2,1H3. The Morgan fingerprint density at radius 3 is 2.35 bits per heavy atom. The zero-order valence-electron chi connectivity index (χ0n) is 16.3. The number of carbonyl (C=O) groups is 1. The lowest BCUT2D eigenvalue weighted by atomic mass is 9.94. The molecule has 2 atom stereocenters. The van der Waals surface area contributed by atoms with Gasteiger partial charge in [0.2, 0.25) is 0 Å². The molecule has 1 rings (SSSR count). The lowest BCUT2D eigenvalue weighted by Crippen LogP contribution is -2.14. The summed E-state index contributed by atoms with van der Waals surface area (Å²) in [7, 11) is 0. The first-order chi connectivity index (χ1) is 12.7. The molecule has 26 heavy (non-hydrogen) atoms. The second-order valence-corrected chi connectivity index (χ2v) is 8.48. The molecule has 148 valence electrons. The first-order valence-corrected chi connectivity index (χ1v) is 11.9. The molecular formula is C22H35BrClNO. The van der Waals surface area contributed by atoms with Crippen LogP contribution in [0.5, 0.6) is 0 Å². The molecule has 0 saturated heterocycles. The van der Waals surface area contributed by atoms with Gasteiger partial charge in [0.15, 0.2) is 0 Å². The summed E-state index contributed by atoms with van der Waals surface area (Å²) in [5, 5.41) is 0.865. The van der Waals surface area contributed by atoms with Gasteiger partial charge in [-0.25, -0.2) is 0 Å². The Bertz CT molecular complexity index is 468. The van der Waals surface area contributed by atoms with Crippen LogP contribution in [-0.2, 0) is 4.79 Å². The minimum atomic E-state index is -0.0924. The summed E-state index contributed by atoms with van der Waals surface area (Å²) in [6.45, 7) is 2.26. The number of pyridine rings is 1. The summed E-state index contributed by atoms with van der Waals surface area (Å²) in [5.41, 5.74) is 0.996. The third-order valence-corrected chi connectivity index (χ3v) is 6.03. The van der Waals surface area contributed by atoms with Crippen molar-refractivity contribution in [2.45, 2.75) is 95.3 Å². The number of alkyl halides is 2. The SMILES string of the molecule is CCCCCCCCCCC(Cl)CCCC(=O)C(CBr)c1cccnc1. The molecule has 4 heteroatoms. The molecule has 0 spiro atoms. The van der Waals surface area contributed by atoms with Gasteiger partial charge in [0, 0.05) is 29.5 Å². The molecule has 0 fully saturated rings. The van der Waals surface area contributed by atoms with Crippen molar-refractivity contribution in [2.24, 2.45) is 0 Å². The van der Waals surface area contributed by atoms with E-state index in [9.17, 15) is 4.79 Å². The predicted molar refractivity (Wildman–Crippen MR) is 116 cm³/mol. The van der Waals surface area contributed by atoms with E-state index >= 15 is 0 Å². The molecule has 0 saturated carbocycles. The number of Topliss-reactive ketones (excluding diaryl/α,β-unsaturated/α-hetero) is 1. The molecule has 0 aromatic carbocycles. The number of aromatic nitrogens is 1. The quantitative estimate of drug-likeness (QED) is 0.196. The summed E-state index contributed by atoms with van der Waals surface area (Å²) < 4.78 is 0. The van der Waals surface area contributed by atoms with Gasteiger partial charge in [0.05, 0.1) is 5.92 Å². The van der Waals surface area contributed by atoms with E-state index < -0.39 is 0 Å². The van der Waals surface area contributed by atoms with Crippen LogP contribution < -0.4 is 0 Å². The van der Waals surface area contributed by atoms with E-state index in [-0.39, 0.29) is 17.1 Å². The smallest absolute Gasteiger partial charge is 0.141 e.